The van der Waals surface area contributed by atoms with Crippen LogP contribution in [0, 0.1) is 6.92 Å². The zero-order chi connectivity index (χ0) is 17.8. The topological polar surface area (TPSA) is 71.7 Å². The summed E-state index contributed by atoms with van der Waals surface area (Å²) in [7, 11) is 0. The van der Waals surface area contributed by atoms with Crippen molar-refractivity contribution in [2.24, 2.45) is 4.99 Å². The Morgan fingerprint density at radius 3 is 2.56 bits per heavy atom. The standard InChI is InChI=1S/C19H18N2O3S/c1-13-8-10-14(11-9-13)18(24)20-19-21(12-4-7-17(22)23)15-5-2-3-6-16(15)25-19/h2-3,5-6,8-11H,4,7,12H2,1H3,(H,22,23). The first-order valence-electron chi connectivity index (χ1n) is 8.00. The Morgan fingerprint density at radius 2 is 1.84 bits per heavy atom. The van der Waals surface area contributed by atoms with Gasteiger partial charge in [0.05, 0.1) is 10.2 Å². The van der Waals surface area contributed by atoms with Gasteiger partial charge in [-0.3, -0.25) is 9.59 Å². The highest BCUT2D eigenvalue weighted by Crippen LogP contribution is 2.17. The van der Waals surface area contributed by atoms with E-state index in [4.69, 9.17) is 5.11 Å². The van der Waals surface area contributed by atoms with E-state index in [1.807, 2.05) is 47.9 Å². The van der Waals surface area contributed by atoms with E-state index in [2.05, 4.69) is 4.99 Å². The number of hydrogen-bond donors (Lipinski definition) is 1. The lowest BCUT2D eigenvalue weighted by molar-refractivity contribution is -0.137. The van der Waals surface area contributed by atoms with E-state index in [1.165, 1.54) is 11.3 Å². The highest BCUT2D eigenvalue weighted by Gasteiger charge is 2.09. The number of benzene rings is 2. The molecule has 1 N–H and O–H groups in total. The predicted molar refractivity (Wildman–Crippen MR) is 97.8 cm³/mol. The summed E-state index contributed by atoms with van der Waals surface area (Å²) in [6, 6.07) is 15.1. The molecule has 0 spiro atoms. The van der Waals surface area contributed by atoms with Crippen LogP contribution >= 0.6 is 11.3 Å². The molecule has 5 nitrogen and oxygen atoms in total. The smallest absolute Gasteiger partial charge is 0.303 e. The summed E-state index contributed by atoms with van der Waals surface area (Å²) < 4.78 is 2.95. The highest BCUT2D eigenvalue weighted by molar-refractivity contribution is 7.16. The average Bonchev–Trinajstić information content (AvgIpc) is 2.92. The Kier molecular flexibility index (Phi) is 5.09. The molecule has 0 atom stereocenters. The summed E-state index contributed by atoms with van der Waals surface area (Å²) in [4.78, 5) is 28.1. The van der Waals surface area contributed by atoms with Gasteiger partial charge >= 0.3 is 5.97 Å². The Balaban J connectivity index is 2.00. The summed E-state index contributed by atoms with van der Waals surface area (Å²) in [5.41, 5.74) is 2.59. The van der Waals surface area contributed by atoms with Crippen LogP contribution in [0.4, 0.5) is 0 Å². The third kappa shape index (κ3) is 4.03. The third-order valence-corrected chi connectivity index (χ3v) is 4.92. The van der Waals surface area contributed by atoms with E-state index < -0.39 is 5.97 Å². The third-order valence-electron chi connectivity index (χ3n) is 3.86. The minimum absolute atomic E-state index is 0.0858. The van der Waals surface area contributed by atoms with Crippen LogP contribution in [0.2, 0.25) is 0 Å². The number of para-hydroxylation sites is 1. The fraction of sp³-hybridized carbons (Fsp3) is 0.211. The van der Waals surface area contributed by atoms with Gasteiger partial charge in [0.15, 0.2) is 4.80 Å². The number of carboxylic acid groups (broad SMARTS) is 1. The van der Waals surface area contributed by atoms with Crippen molar-refractivity contribution in [3.63, 3.8) is 0 Å². The first-order chi connectivity index (χ1) is 12.0. The second-order valence-electron chi connectivity index (χ2n) is 5.78. The average molecular weight is 354 g/mol. The molecule has 0 aliphatic carbocycles. The van der Waals surface area contributed by atoms with Crippen LogP contribution in [-0.2, 0) is 11.3 Å². The summed E-state index contributed by atoms with van der Waals surface area (Å²) in [5.74, 6) is -1.12. The number of carbonyl (C=O) groups is 2. The number of nitrogens with zero attached hydrogens (tertiary/aromatic N) is 2. The molecule has 0 fully saturated rings. The lowest BCUT2D eigenvalue weighted by Gasteiger charge is -2.04. The molecule has 0 saturated heterocycles. The minimum Gasteiger partial charge on any atom is -0.481 e. The van der Waals surface area contributed by atoms with Crippen molar-refractivity contribution < 1.29 is 14.7 Å². The summed E-state index contributed by atoms with van der Waals surface area (Å²) in [6.07, 6.45) is 0.574. The maximum Gasteiger partial charge on any atom is 0.303 e. The number of thiazole rings is 1. The molecule has 1 aromatic heterocycles. The van der Waals surface area contributed by atoms with Crippen molar-refractivity contribution in [3.05, 3.63) is 64.5 Å². The maximum atomic E-state index is 12.5. The Bertz CT molecular complexity index is 984. The maximum absolute atomic E-state index is 12.5. The van der Waals surface area contributed by atoms with E-state index in [-0.39, 0.29) is 12.3 Å². The molecule has 0 radical (unpaired) electrons. The second kappa shape index (κ2) is 7.44. The van der Waals surface area contributed by atoms with Crippen molar-refractivity contribution in [2.75, 3.05) is 0 Å². The minimum atomic E-state index is -0.825. The molecule has 128 valence electrons. The molecule has 2 aromatic carbocycles. The number of rotatable bonds is 5. The molecular formula is C19H18N2O3S. The van der Waals surface area contributed by atoms with Gasteiger partial charge in [0.25, 0.3) is 5.91 Å². The van der Waals surface area contributed by atoms with E-state index in [0.717, 1.165) is 15.8 Å². The molecule has 1 heterocycles. The molecular weight excluding hydrogens is 336 g/mol. The molecule has 0 bridgehead atoms. The van der Waals surface area contributed by atoms with Crippen LogP contribution in [0.25, 0.3) is 10.2 Å². The predicted octanol–water partition coefficient (Wildman–Crippen LogP) is 3.62. The van der Waals surface area contributed by atoms with Gasteiger partial charge in [-0.05, 0) is 37.6 Å². The number of fused-ring (bicyclic) bond motifs is 1. The molecule has 3 aromatic rings. The quantitative estimate of drug-likeness (QED) is 0.761. The van der Waals surface area contributed by atoms with Crippen molar-refractivity contribution >= 4 is 33.4 Å². The van der Waals surface area contributed by atoms with E-state index in [1.54, 1.807) is 12.1 Å². The number of amides is 1. The summed E-state index contributed by atoms with van der Waals surface area (Å²) in [6.45, 7) is 2.48. The zero-order valence-electron chi connectivity index (χ0n) is 13.8. The molecule has 3 rings (SSSR count). The summed E-state index contributed by atoms with van der Waals surface area (Å²) in [5, 5.41) is 8.86. The second-order valence-corrected chi connectivity index (χ2v) is 6.79. The van der Waals surface area contributed by atoms with Crippen molar-refractivity contribution in [3.8, 4) is 0 Å². The number of aliphatic carboxylic acids is 1. The molecule has 25 heavy (non-hydrogen) atoms. The van der Waals surface area contributed by atoms with Crippen molar-refractivity contribution in [2.45, 2.75) is 26.3 Å². The van der Waals surface area contributed by atoms with E-state index >= 15 is 0 Å². The molecule has 6 heteroatoms. The molecule has 0 saturated carbocycles. The molecule has 0 aliphatic rings. The Labute approximate surface area is 148 Å². The first kappa shape index (κ1) is 17.1. The van der Waals surface area contributed by atoms with Gasteiger partial charge in [-0.2, -0.15) is 4.99 Å². The largest absolute Gasteiger partial charge is 0.481 e. The number of carboxylic acids is 1. The number of carbonyl (C=O) groups excluding carboxylic acids is 1. The lowest BCUT2D eigenvalue weighted by atomic mass is 10.1. The van der Waals surface area contributed by atoms with Gasteiger partial charge in [0.1, 0.15) is 0 Å². The molecule has 0 unspecified atom stereocenters. The number of aromatic nitrogens is 1. The van der Waals surface area contributed by atoms with Gasteiger partial charge in [0, 0.05) is 18.5 Å². The van der Waals surface area contributed by atoms with Crippen molar-refractivity contribution in [1.29, 1.82) is 0 Å². The van der Waals surface area contributed by atoms with E-state index in [9.17, 15) is 9.59 Å². The van der Waals surface area contributed by atoms with Gasteiger partial charge in [-0.25, -0.2) is 0 Å². The lowest BCUT2D eigenvalue weighted by Crippen LogP contribution is -2.17. The highest BCUT2D eigenvalue weighted by atomic mass is 32.1. The van der Waals surface area contributed by atoms with Gasteiger partial charge in [0.2, 0.25) is 0 Å². The zero-order valence-corrected chi connectivity index (χ0v) is 14.6. The monoisotopic (exact) mass is 354 g/mol. The van der Waals surface area contributed by atoms with E-state index in [0.29, 0.717) is 23.3 Å². The fourth-order valence-corrected chi connectivity index (χ4v) is 3.61. The summed E-state index contributed by atoms with van der Waals surface area (Å²) >= 11 is 1.44. The van der Waals surface area contributed by atoms with Crippen molar-refractivity contribution in [1.82, 2.24) is 4.57 Å². The number of aryl methyl sites for hydroxylation is 2. The Morgan fingerprint density at radius 1 is 1.12 bits per heavy atom. The van der Waals surface area contributed by atoms with Crippen LogP contribution in [0.3, 0.4) is 0 Å². The molecule has 0 aliphatic heterocycles. The van der Waals surface area contributed by atoms with Crippen LogP contribution in [0.15, 0.2) is 53.5 Å². The van der Waals surface area contributed by atoms with Crippen LogP contribution in [0.1, 0.15) is 28.8 Å². The fourth-order valence-electron chi connectivity index (χ4n) is 2.56. The first-order valence-corrected chi connectivity index (χ1v) is 8.82. The van der Waals surface area contributed by atoms with Crippen LogP contribution in [0.5, 0.6) is 0 Å². The SMILES string of the molecule is Cc1ccc(C(=O)N=c2sc3ccccc3n2CCCC(=O)O)cc1. The van der Waals surface area contributed by atoms with Gasteiger partial charge in [-0.1, -0.05) is 41.2 Å². The normalized spacial score (nSPS) is 11.8. The molecule has 1 amide bonds. The number of hydrogen-bond acceptors (Lipinski definition) is 3. The van der Waals surface area contributed by atoms with Gasteiger partial charge < -0.3 is 9.67 Å². The Hall–Kier alpha value is -2.73. The van der Waals surface area contributed by atoms with Crippen LogP contribution in [-0.4, -0.2) is 21.6 Å². The van der Waals surface area contributed by atoms with Crippen LogP contribution < -0.4 is 4.80 Å². The van der Waals surface area contributed by atoms with Gasteiger partial charge in [-0.15, -0.1) is 0 Å².